The lowest BCUT2D eigenvalue weighted by molar-refractivity contribution is -0.136. The van der Waals surface area contributed by atoms with Crippen LogP contribution in [0.25, 0.3) is 0 Å². The number of amides is 2. The van der Waals surface area contributed by atoms with Crippen LogP contribution >= 0.6 is 11.6 Å². The summed E-state index contributed by atoms with van der Waals surface area (Å²) >= 11 is 5.90. The van der Waals surface area contributed by atoms with Gasteiger partial charge in [0, 0.05) is 10.7 Å². The Morgan fingerprint density at radius 3 is 2.27 bits per heavy atom. The third-order valence-corrected chi connectivity index (χ3v) is 4.94. The number of rotatable bonds is 5. The van der Waals surface area contributed by atoms with Crippen LogP contribution in [-0.2, 0) is 9.59 Å². The Hall–Kier alpha value is -3.97. The van der Waals surface area contributed by atoms with Crippen LogP contribution in [0.2, 0.25) is 5.02 Å². The molecule has 0 saturated heterocycles. The molecular weight excluding hydrogens is 442 g/mol. The van der Waals surface area contributed by atoms with Crippen LogP contribution in [0.5, 0.6) is 5.75 Å². The first kappa shape index (κ1) is 23.7. The van der Waals surface area contributed by atoms with Gasteiger partial charge < -0.3 is 10.1 Å². The molecule has 0 bridgehead atoms. The predicted molar refractivity (Wildman–Crippen MR) is 128 cm³/mol. The van der Waals surface area contributed by atoms with E-state index in [4.69, 9.17) is 16.3 Å². The van der Waals surface area contributed by atoms with E-state index in [0.29, 0.717) is 33.3 Å². The van der Waals surface area contributed by atoms with Gasteiger partial charge in [-0.05, 0) is 80.4 Å². The van der Waals surface area contributed by atoms with Crippen LogP contribution in [0, 0.1) is 13.8 Å². The van der Waals surface area contributed by atoms with E-state index in [1.807, 2.05) is 26.0 Å². The summed E-state index contributed by atoms with van der Waals surface area (Å²) < 4.78 is 5.33. The number of hydrogen-bond donors (Lipinski definition) is 2. The minimum Gasteiger partial charge on any atom is -0.423 e. The highest BCUT2D eigenvalue weighted by molar-refractivity contribution is 6.39. The first-order valence-corrected chi connectivity index (χ1v) is 10.4. The number of hydrogen-bond acceptors (Lipinski definition) is 5. The van der Waals surface area contributed by atoms with Crippen molar-refractivity contribution < 1.29 is 19.1 Å². The molecule has 7 nitrogen and oxygen atoms in total. The molecule has 0 fully saturated rings. The van der Waals surface area contributed by atoms with Crippen LogP contribution in [-0.4, -0.2) is 23.5 Å². The zero-order valence-electron chi connectivity index (χ0n) is 18.3. The zero-order chi connectivity index (χ0) is 24.0. The average Bonchev–Trinajstić information content (AvgIpc) is 2.79. The fraction of sp³-hybridized carbons (Fsp3) is 0.120. The normalized spacial score (nSPS) is 11.0. The topological polar surface area (TPSA) is 96.9 Å². The standard InChI is InChI=1S/C25H22ClN3O4/c1-15-7-12-22(16(2)13-15)27-23(30)24(31)29-28-17(3)18-8-10-21(11-9-18)33-25(32)19-5-4-6-20(26)14-19/h4-14H,1-3H3,(H,27,30)(H,29,31)/b28-17+. The van der Waals surface area contributed by atoms with Crippen molar-refractivity contribution in [3.63, 3.8) is 0 Å². The average molecular weight is 464 g/mol. The number of nitrogens with zero attached hydrogens (tertiary/aromatic N) is 1. The van der Waals surface area contributed by atoms with E-state index in [2.05, 4.69) is 15.8 Å². The number of carbonyl (C=O) groups is 3. The molecule has 0 unspecified atom stereocenters. The van der Waals surface area contributed by atoms with Gasteiger partial charge in [-0.3, -0.25) is 9.59 Å². The van der Waals surface area contributed by atoms with Crippen LogP contribution in [0.3, 0.4) is 0 Å². The van der Waals surface area contributed by atoms with Crippen molar-refractivity contribution in [2.45, 2.75) is 20.8 Å². The van der Waals surface area contributed by atoms with Gasteiger partial charge in [0.25, 0.3) is 0 Å². The lowest BCUT2D eigenvalue weighted by atomic mass is 10.1. The molecule has 8 heteroatoms. The Balaban J connectivity index is 1.58. The van der Waals surface area contributed by atoms with E-state index in [0.717, 1.165) is 11.1 Å². The third kappa shape index (κ3) is 6.51. The molecule has 3 aromatic carbocycles. The number of anilines is 1. The summed E-state index contributed by atoms with van der Waals surface area (Å²) in [6, 6.07) is 18.5. The maximum absolute atomic E-state index is 12.2. The van der Waals surface area contributed by atoms with E-state index in [1.54, 1.807) is 55.5 Å². The van der Waals surface area contributed by atoms with E-state index >= 15 is 0 Å². The molecule has 0 spiro atoms. The van der Waals surface area contributed by atoms with Crippen molar-refractivity contribution in [1.29, 1.82) is 0 Å². The van der Waals surface area contributed by atoms with Gasteiger partial charge in [0.15, 0.2) is 0 Å². The highest BCUT2D eigenvalue weighted by Gasteiger charge is 2.14. The Labute approximate surface area is 196 Å². The summed E-state index contributed by atoms with van der Waals surface area (Å²) in [7, 11) is 0. The lowest BCUT2D eigenvalue weighted by Crippen LogP contribution is -2.33. The second-order valence-electron chi connectivity index (χ2n) is 7.33. The molecule has 3 aromatic rings. The molecule has 0 aliphatic heterocycles. The fourth-order valence-electron chi connectivity index (χ4n) is 2.93. The highest BCUT2D eigenvalue weighted by Crippen LogP contribution is 2.17. The Morgan fingerprint density at radius 2 is 1.61 bits per heavy atom. The molecule has 0 saturated carbocycles. The van der Waals surface area contributed by atoms with Crippen LogP contribution < -0.4 is 15.5 Å². The van der Waals surface area contributed by atoms with Gasteiger partial charge in [0.1, 0.15) is 5.75 Å². The van der Waals surface area contributed by atoms with E-state index in [1.165, 1.54) is 6.07 Å². The Morgan fingerprint density at radius 1 is 0.879 bits per heavy atom. The molecule has 168 valence electrons. The molecule has 3 rings (SSSR count). The van der Waals surface area contributed by atoms with Gasteiger partial charge >= 0.3 is 17.8 Å². The van der Waals surface area contributed by atoms with Gasteiger partial charge in [0.2, 0.25) is 0 Å². The maximum atomic E-state index is 12.2. The van der Waals surface area contributed by atoms with Gasteiger partial charge in [-0.15, -0.1) is 0 Å². The van der Waals surface area contributed by atoms with Gasteiger partial charge in [-0.25, -0.2) is 10.2 Å². The van der Waals surface area contributed by atoms with Crippen molar-refractivity contribution in [2.24, 2.45) is 5.10 Å². The smallest absolute Gasteiger partial charge is 0.343 e. The molecule has 0 aliphatic rings. The molecule has 2 amide bonds. The van der Waals surface area contributed by atoms with Crippen LogP contribution in [0.4, 0.5) is 5.69 Å². The van der Waals surface area contributed by atoms with Crippen LogP contribution in [0.1, 0.15) is 34.0 Å². The Bertz CT molecular complexity index is 1240. The zero-order valence-corrected chi connectivity index (χ0v) is 19.1. The lowest BCUT2D eigenvalue weighted by Gasteiger charge is -2.09. The molecule has 0 aromatic heterocycles. The fourth-order valence-corrected chi connectivity index (χ4v) is 3.12. The molecule has 0 atom stereocenters. The number of carbonyl (C=O) groups excluding carboxylic acids is 3. The monoisotopic (exact) mass is 463 g/mol. The van der Waals surface area contributed by atoms with Crippen molar-refractivity contribution in [3.8, 4) is 5.75 Å². The first-order valence-electron chi connectivity index (χ1n) is 10.0. The molecule has 0 heterocycles. The van der Waals surface area contributed by atoms with Crippen molar-refractivity contribution in [1.82, 2.24) is 5.43 Å². The summed E-state index contributed by atoms with van der Waals surface area (Å²) in [5.74, 6) is -1.89. The number of hydrazone groups is 1. The Kier molecular flexibility index (Phi) is 7.58. The summed E-state index contributed by atoms with van der Waals surface area (Å²) in [5.41, 5.74) is 6.19. The number of aryl methyl sites for hydroxylation is 2. The molecule has 0 radical (unpaired) electrons. The third-order valence-electron chi connectivity index (χ3n) is 4.70. The number of halogens is 1. The van der Waals surface area contributed by atoms with Gasteiger partial charge in [0.05, 0.1) is 11.3 Å². The highest BCUT2D eigenvalue weighted by atomic mass is 35.5. The molecular formula is C25H22ClN3O4. The minimum absolute atomic E-state index is 0.339. The second kappa shape index (κ2) is 10.6. The van der Waals surface area contributed by atoms with Crippen LogP contribution in [0.15, 0.2) is 71.8 Å². The minimum atomic E-state index is -0.888. The number of nitrogens with one attached hydrogen (secondary N) is 2. The summed E-state index contributed by atoms with van der Waals surface area (Å²) in [6.07, 6.45) is 0. The maximum Gasteiger partial charge on any atom is 0.343 e. The van der Waals surface area contributed by atoms with E-state index in [-0.39, 0.29) is 0 Å². The number of benzene rings is 3. The summed E-state index contributed by atoms with van der Waals surface area (Å²) in [4.78, 5) is 36.4. The quantitative estimate of drug-likeness (QED) is 0.189. The number of ether oxygens (including phenoxy) is 1. The summed E-state index contributed by atoms with van der Waals surface area (Å²) in [5, 5.41) is 6.98. The summed E-state index contributed by atoms with van der Waals surface area (Å²) in [6.45, 7) is 5.46. The van der Waals surface area contributed by atoms with E-state index in [9.17, 15) is 14.4 Å². The van der Waals surface area contributed by atoms with Gasteiger partial charge in [-0.1, -0.05) is 35.4 Å². The number of esters is 1. The van der Waals surface area contributed by atoms with Gasteiger partial charge in [-0.2, -0.15) is 5.10 Å². The first-order chi connectivity index (χ1) is 15.7. The predicted octanol–water partition coefficient (Wildman–Crippen LogP) is 4.65. The molecule has 33 heavy (non-hydrogen) atoms. The second-order valence-corrected chi connectivity index (χ2v) is 7.77. The molecule has 2 N–H and O–H groups in total. The van der Waals surface area contributed by atoms with Crippen molar-refractivity contribution in [3.05, 3.63) is 94.0 Å². The van der Waals surface area contributed by atoms with Crippen molar-refractivity contribution >= 4 is 40.8 Å². The molecule has 0 aliphatic carbocycles. The largest absolute Gasteiger partial charge is 0.423 e. The SMILES string of the molecule is C/C(=N\NC(=O)C(=O)Nc1ccc(C)cc1C)c1ccc(OC(=O)c2cccc(Cl)c2)cc1. The van der Waals surface area contributed by atoms with Crippen molar-refractivity contribution in [2.75, 3.05) is 5.32 Å². The van der Waals surface area contributed by atoms with E-state index < -0.39 is 17.8 Å².